The van der Waals surface area contributed by atoms with E-state index in [1.54, 1.807) is 0 Å². The molecule has 2 rings (SSSR count). The van der Waals surface area contributed by atoms with Crippen LogP contribution < -0.4 is 5.32 Å². The van der Waals surface area contributed by atoms with Crippen molar-refractivity contribution in [3.63, 3.8) is 0 Å². The van der Waals surface area contributed by atoms with Gasteiger partial charge < -0.3 is 10.1 Å². The van der Waals surface area contributed by atoms with Crippen molar-refractivity contribution in [1.29, 1.82) is 0 Å². The third kappa shape index (κ3) is 3.47. The van der Waals surface area contributed by atoms with Crippen molar-refractivity contribution in [3.8, 4) is 0 Å². The third-order valence-electron chi connectivity index (χ3n) is 3.55. The molecule has 0 aromatic heterocycles. The molecule has 1 aliphatic rings. The first-order chi connectivity index (χ1) is 8.29. The van der Waals surface area contributed by atoms with Crippen molar-refractivity contribution >= 4 is 5.69 Å². The molecule has 17 heavy (non-hydrogen) atoms. The predicted molar refractivity (Wildman–Crippen MR) is 72.6 cm³/mol. The number of benzene rings is 1. The molecule has 1 N–H and O–H groups in total. The number of nitrogens with one attached hydrogen (secondary N) is 1. The summed E-state index contributed by atoms with van der Waals surface area (Å²) in [4.78, 5) is 0. The van der Waals surface area contributed by atoms with Crippen LogP contribution in [0.2, 0.25) is 0 Å². The highest BCUT2D eigenvalue weighted by Gasteiger charge is 2.12. The van der Waals surface area contributed by atoms with Crippen LogP contribution in [0.3, 0.4) is 0 Å². The van der Waals surface area contributed by atoms with Crippen molar-refractivity contribution < 1.29 is 4.74 Å². The Balaban J connectivity index is 1.99. The van der Waals surface area contributed by atoms with Gasteiger partial charge in [-0.05, 0) is 55.9 Å². The second-order valence-corrected chi connectivity index (χ2v) is 4.88. The fraction of sp³-hybridized carbons (Fsp3) is 0.600. The molecule has 0 spiro atoms. The Hall–Kier alpha value is -1.02. The molecule has 1 heterocycles. The molecular weight excluding hydrogens is 210 g/mol. The van der Waals surface area contributed by atoms with Crippen LogP contribution in [0.1, 0.15) is 37.3 Å². The molecule has 1 fully saturated rings. The molecule has 0 saturated carbocycles. The summed E-state index contributed by atoms with van der Waals surface area (Å²) in [5.41, 5.74) is 4.09. The predicted octanol–water partition coefficient (Wildman–Crippen LogP) is 3.54. The maximum absolute atomic E-state index is 5.48. The minimum absolute atomic E-state index is 0.573. The van der Waals surface area contributed by atoms with Crippen LogP contribution in [0.5, 0.6) is 0 Å². The Labute approximate surface area is 104 Å². The Morgan fingerprint density at radius 1 is 1.29 bits per heavy atom. The van der Waals surface area contributed by atoms with Crippen LogP contribution in [0.4, 0.5) is 5.69 Å². The fourth-order valence-electron chi connectivity index (χ4n) is 2.47. The van der Waals surface area contributed by atoms with Crippen molar-refractivity contribution in [2.24, 2.45) is 0 Å². The van der Waals surface area contributed by atoms with Gasteiger partial charge in [-0.2, -0.15) is 0 Å². The first-order valence-corrected chi connectivity index (χ1v) is 6.73. The molecule has 1 unspecified atom stereocenters. The average Bonchev–Trinajstić information content (AvgIpc) is 2.58. The molecule has 2 heteroatoms. The summed E-state index contributed by atoms with van der Waals surface area (Å²) in [5, 5.41) is 3.63. The normalized spacial score (nSPS) is 20.9. The molecule has 1 aromatic carbocycles. The maximum atomic E-state index is 5.48. The minimum Gasteiger partial charge on any atom is -0.382 e. The average molecular weight is 233 g/mol. The number of ether oxygens (including phenoxy) is 1. The molecule has 0 amide bonds. The van der Waals surface area contributed by atoms with Gasteiger partial charge in [0.2, 0.25) is 0 Å². The standard InChI is InChI=1S/C15H23NO/c1-3-13-6-7-15(11-12(13)2)16-14-5-4-9-17-10-8-14/h6-7,11,14,16H,3-5,8-10H2,1-2H3. The first-order valence-electron chi connectivity index (χ1n) is 6.73. The summed E-state index contributed by atoms with van der Waals surface area (Å²) in [6.45, 7) is 6.22. The molecule has 0 bridgehead atoms. The fourth-order valence-corrected chi connectivity index (χ4v) is 2.47. The summed E-state index contributed by atoms with van der Waals surface area (Å²) in [6, 6.07) is 7.29. The lowest BCUT2D eigenvalue weighted by molar-refractivity contribution is 0.144. The highest BCUT2D eigenvalue weighted by Crippen LogP contribution is 2.19. The van der Waals surface area contributed by atoms with E-state index in [1.165, 1.54) is 29.7 Å². The van der Waals surface area contributed by atoms with E-state index in [1.807, 2.05) is 0 Å². The summed E-state index contributed by atoms with van der Waals surface area (Å²) >= 11 is 0. The van der Waals surface area contributed by atoms with Gasteiger partial charge in [-0.3, -0.25) is 0 Å². The zero-order valence-electron chi connectivity index (χ0n) is 11.0. The second-order valence-electron chi connectivity index (χ2n) is 4.88. The van der Waals surface area contributed by atoms with E-state index in [0.29, 0.717) is 6.04 Å². The smallest absolute Gasteiger partial charge is 0.0485 e. The quantitative estimate of drug-likeness (QED) is 0.862. The van der Waals surface area contributed by atoms with Crippen molar-refractivity contribution in [3.05, 3.63) is 29.3 Å². The molecule has 2 nitrogen and oxygen atoms in total. The van der Waals surface area contributed by atoms with Gasteiger partial charge in [0, 0.05) is 24.9 Å². The van der Waals surface area contributed by atoms with Crippen molar-refractivity contribution in [2.45, 2.75) is 45.6 Å². The van der Waals surface area contributed by atoms with E-state index in [-0.39, 0.29) is 0 Å². The molecule has 0 aliphatic carbocycles. The minimum atomic E-state index is 0.573. The van der Waals surface area contributed by atoms with Crippen LogP contribution >= 0.6 is 0 Å². The molecular formula is C15H23NO. The zero-order valence-corrected chi connectivity index (χ0v) is 11.0. The first kappa shape index (κ1) is 12.4. The summed E-state index contributed by atoms with van der Waals surface area (Å²) in [5.74, 6) is 0. The summed E-state index contributed by atoms with van der Waals surface area (Å²) < 4.78 is 5.48. The Morgan fingerprint density at radius 2 is 2.18 bits per heavy atom. The van der Waals surface area contributed by atoms with Gasteiger partial charge in [0.05, 0.1) is 0 Å². The highest BCUT2D eigenvalue weighted by atomic mass is 16.5. The molecule has 1 saturated heterocycles. The third-order valence-corrected chi connectivity index (χ3v) is 3.55. The van der Waals surface area contributed by atoms with Gasteiger partial charge >= 0.3 is 0 Å². The van der Waals surface area contributed by atoms with Gasteiger partial charge in [0.25, 0.3) is 0 Å². The van der Waals surface area contributed by atoms with E-state index >= 15 is 0 Å². The molecule has 94 valence electrons. The van der Waals surface area contributed by atoms with Gasteiger partial charge in [-0.1, -0.05) is 13.0 Å². The van der Waals surface area contributed by atoms with E-state index in [0.717, 1.165) is 26.1 Å². The van der Waals surface area contributed by atoms with Crippen LogP contribution in [-0.4, -0.2) is 19.3 Å². The maximum Gasteiger partial charge on any atom is 0.0485 e. The van der Waals surface area contributed by atoms with Crippen molar-refractivity contribution in [1.82, 2.24) is 0 Å². The number of hydrogen-bond acceptors (Lipinski definition) is 2. The van der Waals surface area contributed by atoms with E-state index in [2.05, 4.69) is 37.4 Å². The van der Waals surface area contributed by atoms with Crippen LogP contribution in [-0.2, 0) is 11.2 Å². The Bertz CT molecular complexity index is 354. The Morgan fingerprint density at radius 3 is 2.94 bits per heavy atom. The highest BCUT2D eigenvalue weighted by molar-refractivity contribution is 5.49. The van der Waals surface area contributed by atoms with E-state index in [9.17, 15) is 0 Å². The molecule has 0 radical (unpaired) electrons. The summed E-state index contributed by atoms with van der Waals surface area (Å²) in [6.07, 6.45) is 4.62. The lowest BCUT2D eigenvalue weighted by Crippen LogP contribution is -2.19. The lowest BCUT2D eigenvalue weighted by atomic mass is 10.0. The van der Waals surface area contributed by atoms with Crippen LogP contribution in [0.15, 0.2) is 18.2 Å². The Kier molecular flexibility index (Phi) is 4.43. The van der Waals surface area contributed by atoms with E-state index < -0.39 is 0 Å². The van der Waals surface area contributed by atoms with Gasteiger partial charge in [-0.25, -0.2) is 0 Å². The number of hydrogen-bond donors (Lipinski definition) is 1. The monoisotopic (exact) mass is 233 g/mol. The summed E-state index contributed by atoms with van der Waals surface area (Å²) in [7, 11) is 0. The van der Waals surface area contributed by atoms with E-state index in [4.69, 9.17) is 4.74 Å². The van der Waals surface area contributed by atoms with Gasteiger partial charge in [0.1, 0.15) is 0 Å². The molecule has 1 atom stereocenters. The topological polar surface area (TPSA) is 21.3 Å². The number of aryl methyl sites for hydroxylation is 2. The second kappa shape index (κ2) is 6.06. The lowest BCUT2D eigenvalue weighted by Gasteiger charge is -2.18. The van der Waals surface area contributed by atoms with Crippen LogP contribution in [0.25, 0.3) is 0 Å². The SMILES string of the molecule is CCc1ccc(NC2CCCOCC2)cc1C. The zero-order chi connectivity index (χ0) is 12.1. The number of anilines is 1. The van der Waals surface area contributed by atoms with Gasteiger partial charge in [0.15, 0.2) is 0 Å². The number of rotatable bonds is 3. The van der Waals surface area contributed by atoms with Gasteiger partial charge in [-0.15, -0.1) is 0 Å². The largest absolute Gasteiger partial charge is 0.382 e. The molecule has 1 aliphatic heterocycles. The van der Waals surface area contributed by atoms with Crippen molar-refractivity contribution in [2.75, 3.05) is 18.5 Å². The van der Waals surface area contributed by atoms with Crippen LogP contribution in [0, 0.1) is 6.92 Å². The molecule has 1 aromatic rings.